The van der Waals surface area contributed by atoms with Crippen molar-refractivity contribution in [1.29, 1.82) is 0 Å². The Kier molecular flexibility index (Phi) is 6.84. The first kappa shape index (κ1) is 20.5. The van der Waals surface area contributed by atoms with Crippen LogP contribution in [0.5, 0.6) is 0 Å². The molecule has 2 heterocycles. The van der Waals surface area contributed by atoms with Gasteiger partial charge in [-0.15, -0.1) is 0 Å². The summed E-state index contributed by atoms with van der Waals surface area (Å²) in [6.45, 7) is 9.13. The van der Waals surface area contributed by atoms with E-state index in [0.29, 0.717) is 5.92 Å². The normalized spacial score (nSPS) is 17.2. The van der Waals surface area contributed by atoms with Gasteiger partial charge >= 0.3 is 0 Å². The molecule has 0 aliphatic carbocycles. The Labute approximate surface area is 169 Å². The third kappa shape index (κ3) is 5.65. The quantitative estimate of drug-likeness (QED) is 0.816. The summed E-state index contributed by atoms with van der Waals surface area (Å²) in [5, 5.41) is 3.30. The number of piperidine rings is 1. The topological polar surface area (TPSA) is 45.2 Å². The summed E-state index contributed by atoms with van der Waals surface area (Å²) in [6.07, 6.45) is 5.08. The minimum atomic E-state index is -0.399. The van der Waals surface area contributed by atoms with Crippen molar-refractivity contribution >= 4 is 5.91 Å². The number of hydrogen-bond donors (Lipinski definition) is 1. The van der Waals surface area contributed by atoms with Crippen LogP contribution in [-0.4, -0.2) is 35.4 Å². The molecule has 0 saturated carbocycles. The van der Waals surface area contributed by atoms with Crippen LogP contribution in [0.15, 0.2) is 54.7 Å². The zero-order valence-electron chi connectivity index (χ0n) is 17.4. The van der Waals surface area contributed by atoms with Crippen molar-refractivity contribution in [1.82, 2.24) is 15.2 Å². The summed E-state index contributed by atoms with van der Waals surface area (Å²) in [4.78, 5) is 19.8. The molecule has 2 aromatic rings. The van der Waals surface area contributed by atoms with Gasteiger partial charge in [-0.25, -0.2) is 0 Å². The zero-order valence-corrected chi connectivity index (χ0v) is 17.4. The lowest BCUT2D eigenvalue weighted by Crippen LogP contribution is -2.44. The van der Waals surface area contributed by atoms with E-state index < -0.39 is 5.41 Å². The van der Waals surface area contributed by atoms with E-state index in [9.17, 15) is 4.79 Å². The van der Waals surface area contributed by atoms with Crippen molar-refractivity contribution in [2.24, 2.45) is 11.3 Å². The molecule has 1 saturated heterocycles. The molecule has 0 spiro atoms. The number of pyridine rings is 1. The molecule has 1 atom stereocenters. The molecule has 1 fully saturated rings. The molecule has 4 nitrogen and oxygen atoms in total. The maximum absolute atomic E-state index is 12.7. The molecule has 1 aromatic heterocycles. The maximum atomic E-state index is 12.7. The molecule has 1 aromatic carbocycles. The number of carbonyl (C=O) groups excluding carboxylic acids is 1. The molecule has 150 valence electrons. The second-order valence-corrected chi connectivity index (χ2v) is 8.87. The van der Waals surface area contributed by atoms with E-state index >= 15 is 0 Å². The number of aromatic nitrogens is 1. The lowest BCUT2D eigenvalue weighted by Gasteiger charge is -2.37. The van der Waals surface area contributed by atoms with Gasteiger partial charge in [0, 0.05) is 18.2 Å². The lowest BCUT2D eigenvalue weighted by atomic mass is 9.85. The third-order valence-corrected chi connectivity index (χ3v) is 5.64. The van der Waals surface area contributed by atoms with Crippen LogP contribution in [0.2, 0.25) is 0 Å². The van der Waals surface area contributed by atoms with Crippen LogP contribution in [0, 0.1) is 11.3 Å². The van der Waals surface area contributed by atoms with Crippen LogP contribution in [0.25, 0.3) is 0 Å². The second-order valence-electron chi connectivity index (χ2n) is 8.87. The number of amides is 1. The van der Waals surface area contributed by atoms with Gasteiger partial charge in [-0.3, -0.25) is 9.78 Å². The zero-order chi connectivity index (χ0) is 20.0. The van der Waals surface area contributed by atoms with Crippen molar-refractivity contribution in [2.45, 2.75) is 46.1 Å². The molecule has 0 radical (unpaired) electrons. The number of hydrogen-bond acceptors (Lipinski definition) is 3. The smallest absolute Gasteiger partial charge is 0.225 e. The van der Waals surface area contributed by atoms with Crippen LogP contribution in [0.1, 0.15) is 50.9 Å². The van der Waals surface area contributed by atoms with Crippen molar-refractivity contribution in [2.75, 3.05) is 19.6 Å². The van der Waals surface area contributed by atoms with Crippen LogP contribution in [-0.2, 0) is 11.2 Å². The van der Waals surface area contributed by atoms with Crippen molar-refractivity contribution in [3.05, 3.63) is 66.0 Å². The van der Waals surface area contributed by atoms with E-state index in [4.69, 9.17) is 0 Å². The summed E-state index contributed by atoms with van der Waals surface area (Å²) in [6, 6.07) is 16.6. The largest absolute Gasteiger partial charge is 0.347 e. The highest BCUT2D eigenvalue weighted by atomic mass is 16.2. The predicted octanol–water partition coefficient (Wildman–Crippen LogP) is 4.24. The Bertz CT molecular complexity index is 731. The molecular weight excluding hydrogens is 346 g/mol. The van der Waals surface area contributed by atoms with Crippen LogP contribution >= 0.6 is 0 Å². The number of likely N-dealkylation sites (tertiary alicyclic amines) is 1. The Morgan fingerprint density at radius 3 is 2.39 bits per heavy atom. The van der Waals surface area contributed by atoms with E-state index in [0.717, 1.165) is 44.6 Å². The second kappa shape index (κ2) is 9.33. The molecule has 4 heteroatoms. The van der Waals surface area contributed by atoms with Crippen molar-refractivity contribution < 1.29 is 4.79 Å². The Morgan fingerprint density at radius 1 is 1.11 bits per heavy atom. The summed E-state index contributed by atoms with van der Waals surface area (Å²) in [5.74, 6) is 0.517. The van der Waals surface area contributed by atoms with E-state index in [1.807, 2.05) is 45.2 Å². The summed E-state index contributed by atoms with van der Waals surface area (Å²) in [7, 11) is 0. The highest BCUT2D eigenvalue weighted by Crippen LogP contribution is 2.31. The molecule has 1 aliphatic heterocycles. The molecule has 3 rings (SSSR count). The van der Waals surface area contributed by atoms with E-state index in [1.54, 1.807) is 0 Å². The minimum absolute atomic E-state index is 0.0100. The average Bonchev–Trinajstić information content (AvgIpc) is 2.71. The molecule has 1 amide bonds. The first-order valence-electron chi connectivity index (χ1n) is 10.4. The summed E-state index contributed by atoms with van der Waals surface area (Å²) >= 11 is 0. The molecule has 1 N–H and O–H groups in total. The fraction of sp³-hybridized carbons (Fsp3) is 0.500. The molecule has 0 unspecified atom stereocenters. The van der Waals surface area contributed by atoms with Gasteiger partial charge in [0.2, 0.25) is 5.91 Å². The number of nitrogens with one attached hydrogen (secondary N) is 1. The van der Waals surface area contributed by atoms with Gasteiger partial charge in [0.15, 0.2) is 0 Å². The number of rotatable bonds is 6. The minimum Gasteiger partial charge on any atom is -0.347 e. The summed E-state index contributed by atoms with van der Waals surface area (Å²) in [5.41, 5.74) is 1.97. The van der Waals surface area contributed by atoms with E-state index in [1.165, 1.54) is 5.56 Å². The monoisotopic (exact) mass is 379 g/mol. The highest BCUT2D eigenvalue weighted by Gasteiger charge is 2.32. The van der Waals surface area contributed by atoms with Gasteiger partial charge in [-0.1, -0.05) is 57.2 Å². The molecule has 0 bridgehead atoms. The Hall–Kier alpha value is -2.20. The van der Waals surface area contributed by atoms with Gasteiger partial charge < -0.3 is 10.2 Å². The predicted molar refractivity (Wildman–Crippen MR) is 114 cm³/mol. The standard InChI is InChI=1S/C24H33N3O/c1-24(2,3)23(28)26-22(21-11-7-8-15-25-21)20-13-17-27(18-14-20)16-12-19-9-5-4-6-10-19/h4-11,15,20,22H,12-14,16-18H2,1-3H3,(H,26,28)/t22-/m0/s1. The van der Waals surface area contributed by atoms with E-state index in [-0.39, 0.29) is 11.9 Å². The van der Waals surface area contributed by atoms with Gasteiger partial charge in [0.25, 0.3) is 0 Å². The number of carbonyl (C=O) groups is 1. The van der Waals surface area contributed by atoms with Crippen LogP contribution in [0.4, 0.5) is 0 Å². The molecular formula is C24H33N3O. The first-order chi connectivity index (χ1) is 13.4. The van der Waals surface area contributed by atoms with E-state index in [2.05, 4.69) is 45.5 Å². The van der Waals surface area contributed by atoms with Crippen LogP contribution < -0.4 is 5.32 Å². The Balaban J connectivity index is 1.60. The van der Waals surface area contributed by atoms with Gasteiger partial charge in [0.05, 0.1) is 11.7 Å². The first-order valence-corrected chi connectivity index (χ1v) is 10.4. The Morgan fingerprint density at radius 2 is 1.79 bits per heavy atom. The fourth-order valence-corrected chi connectivity index (χ4v) is 3.79. The van der Waals surface area contributed by atoms with Crippen molar-refractivity contribution in [3.63, 3.8) is 0 Å². The molecule has 28 heavy (non-hydrogen) atoms. The maximum Gasteiger partial charge on any atom is 0.225 e. The summed E-state index contributed by atoms with van der Waals surface area (Å²) < 4.78 is 0. The van der Waals surface area contributed by atoms with Gasteiger partial charge in [0.1, 0.15) is 0 Å². The highest BCUT2D eigenvalue weighted by molar-refractivity contribution is 5.81. The van der Waals surface area contributed by atoms with Crippen LogP contribution in [0.3, 0.4) is 0 Å². The fourth-order valence-electron chi connectivity index (χ4n) is 3.79. The molecule has 1 aliphatic rings. The van der Waals surface area contributed by atoms with Gasteiger partial charge in [-0.05, 0) is 56.0 Å². The SMILES string of the molecule is CC(C)(C)C(=O)N[C@H](c1ccccn1)C1CCN(CCc2ccccc2)CC1. The number of nitrogens with zero attached hydrogens (tertiary/aromatic N) is 2. The lowest BCUT2D eigenvalue weighted by molar-refractivity contribution is -0.129. The number of benzene rings is 1. The van der Waals surface area contributed by atoms with Gasteiger partial charge in [-0.2, -0.15) is 0 Å². The third-order valence-electron chi connectivity index (χ3n) is 5.64. The van der Waals surface area contributed by atoms with Crippen molar-refractivity contribution in [3.8, 4) is 0 Å². The average molecular weight is 380 g/mol.